The van der Waals surface area contributed by atoms with Crippen LogP contribution in [0.5, 0.6) is 0 Å². The molecule has 0 aromatic heterocycles. The molecule has 0 unspecified atom stereocenters. The molecule has 3 N–H and O–H groups in total. The Hall–Kier alpha value is -1.60. The smallest absolute Gasteiger partial charge is 0.255 e. The third-order valence-corrected chi connectivity index (χ3v) is 4.18. The number of hydrogen-bond acceptors (Lipinski definition) is 2. The molecular formula is C17H15Cl3FN3OS. The van der Waals surface area contributed by atoms with Crippen molar-refractivity contribution in [2.75, 3.05) is 5.32 Å². The molecule has 138 valence electrons. The summed E-state index contributed by atoms with van der Waals surface area (Å²) in [5.74, 6) is -1.43. The normalized spacial score (nSPS) is 12.2. The van der Waals surface area contributed by atoms with Crippen LogP contribution in [0.25, 0.3) is 0 Å². The molecule has 0 saturated carbocycles. The molecule has 2 aromatic rings. The third kappa shape index (κ3) is 5.99. The second-order valence-corrected chi connectivity index (χ2v) is 8.17. The highest BCUT2D eigenvalue weighted by atomic mass is 35.6. The number of thiocarbonyl (C=S) groups is 1. The molecule has 0 bridgehead atoms. The average molecular weight is 435 g/mol. The van der Waals surface area contributed by atoms with E-state index < -0.39 is 21.7 Å². The maximum Gasteiger partial charge on any atom is 0.255 e. The zero-order valence-electron chi connectivity index (χ0n) is 13.5. The van der Waals surface area contributed by atoms with Crippen LogP contribution in [0, 0.1) is 12.7 Å². The molecule has 1 amide bonds. The van der Waals surface area contributed by atoms with Crippen LogP contribution in [0.3, 0.4) is 0 Å². The molecule has 0 fully saturated rings. The van der Waals surface area contributed by atoms with Crippen molar-refractivity contribution in [3.63, 3.8) is 0 Å². The van der Waals surface area contributed by atoms with Gasteiger partial charge < -0.3 is 16.0 Å². The van der Waals surface area contributed by atoms with E-state index in [0.29, 0.717) is 0 Å². The summed E-state index contributed by atoms with van der Waals surface area (Å²) < 4.78 is 11.8. The summed E-state index contributed by atoms with van der Waals surface area (Å²) in [5, 5.41) is 8.18. The van der Waals surface area contributed by atoms with Crippen molar-refractivity contribution < 1.29 is 9.18 Å². The van der Waals surface area contributed by atoms with E-state index in [-0.39, 0.29) is 10.7 Å². The first-order chi connectivity index (χ1) is 12.2. The lowest BCUT2D eigenvalue weighted by atomic mass is 10.2. The van der Waals surface area contributed by atoms with Crippen LogP contribution in [-0.4, -0.2) is 21.0 Å². The summed E-state index contributed by atoms with van der Waals surface area (Å²) in [6.45, 7) is 1.96. The summed E-state index contributed by atoms with van der Waals surface area (Å²) in [7, 11) is 0. The van der Waals surface area contributed by atoms with Gasteiger partial charge in [-0.05, 0) is 43.4 Å². The van der Waals surface area contributed by atoms with Crippen LogP contribution in [0.1, 0.15) is 15.9 Å². The van der Waals surface area contributed by atoms with Gasteiger partial charge >= 0.3 is 0 Å². The molecule has 4 nitrogen and oxygen atoms in total. The number of anilines is 1. The van der Waals surface area contributed by atoms with Gasteiger partial charge in [0.25, 0.3) is 5.91 Å². The van der Waals surface area contributed by atoms with Gasteiger partial charge in [-0.3, -0.25) is 4.79 Å². The lowest BCUT2D eigenvalue weighted by Crippen LogP contribution is -2.56. The van der Waals surface area contributed by atoms with Gasteiger partial charge in [0.1, 0.15) is 12.0 Å². The highest BCUT2D eigenvalue weighted by Gasteiger charge is 2.35. The van der Waals surface area contributed by atoms with E-state index in [1.165, 1.54) is 18.2 Å². The van der Waals surface area contributed by atoms with Crippen molar-refractivity contribution in [1.82, 2.24) is 10.6 Å². The summed E-state index contributed by atoms with van der Waals surface area (Å²) in [6, 6.07) is 12.9. The van der Waals surface area contributed by atoms with Crippen LogP contribution in [0.15, 0.2) is 48.5 Å². The van der Waals surface area contributed by atoms with Gasteiger partial charge in [-0.1, -0.05) is 64.6 Å². The largest absolute Gasteiger partial charge is 0.339 e. The molecule has 2 aromatic carbocycles. The minimum atomic E-state index is -1.93. The van der Waals surface area contributed by atoms with Gasteiger partial charge in [0, 0.05) is 5.69 Å². The minimum absolute atomic E-state index is 0.124. The molecule has 0 heterocycles. The van der Waals surface area contributed by atoms with E-state index in [2.05, 4.69) is 16.0 Å². The summed E-state index contributed by atoms with van der Waals surface area (Å²) in [4.78, 5) is 12.3. The van der Waals surface area contributed by atoms with Gasteiger partial charge in [0.2, 0.25) is 3.79 Å². The van der Waals surface area contributed by atoms with Crippen molar-refractivity contribution in [2.45, 2.75) is 16.9 Å². The Morgan fingerprint density at radius 3 is 2.27 bits per heavy atom. The van der Waals surface area contributed by atoms with Crippen LogP contribution in [0.2, 0.25) is 0 Å². The number of aryl methyl sites for hydroxylation is 1. The molecule has 0 aliphatic carbocycles. The quantitative estimate of drug-likeness (QED) is 0.375. The molecule has 1 atom stereocenters. The van der Waals surface area contributed by atoms with E-state index in [0.717, 1.165) is 17.3 Å². The Bertz CT molecular complexity index is 797. The highest BCUT2D eigenvalue weighted by Crippen LogP contribution is 2.29. The Kier molecular flexibility index (Phi) is 7.06. The maximum atomic E-state index is 13.8. The lowest BCUT2D eigenvalue weighted by Gasteiger charge is -2.27. The van der Waals surface area contributed by atoms with Crippen LogP contribution in [0.4, 0.5) is 10.1 Å². The Labute approximate surface area is 171 Å². The number of carbonyl (C=O) groups excluding carboxylic acids is 1. The highest BCUT2D eigenvalue weighted by molar-refractivity contribution is 7.80. The summed E-state index contributed by atoms with van der Waals surface area (Å²) in [5.41, 5.74) is 1.63. The molecular weight excluding hydrogens is 420 g/mol. The Morgan fingerprint density at radius 2 is 1.69 bits per heavy atom. The second kappa shape index (κ2) is 8.86. The topological polar surface area (TPSA) is 53.2 Å². The SMILES string of the molecule is Cc1ccc(NC(=S)N[C@@H](NC(=O)c2ccccc2F)C(Cl)(Cl)Cl)cc1. The third-order valence-electron chi connectivity index (χ3n) is 3.31. The number of amides is 1. The number of benzene rings is 2. The fraction of sp³-hybridized carbons (Fsp3) is 0.176. The first-order valence-corrected chi connectivity index (χ1v) is 8.97. The number of hydrogen-bond donors (Lipinski definition) is 3. The predicted molar refractivity (Wildman–Crippen MR) is 108 cm³/mol. The standard InChI is InChI=1S/C17H15Cl3FN3OS/c1-10-6-8-11(9-7-10)22-16(26)24-15(17(18,19)20)23-14(25)12-4-2-3-5-13(12)21/h2-9,15H,1H3,(H,23,25)(H2,22,24,26)/t15-/m1/s1. The molecule has 26 heavy (non-hydrogen) atoms. The van der Waals surface area contributed by atoms with Crippen molar-refractivity contribution in [3.05, 3.63) is 65.5 Å². The van der Waals surface area contributed by atoms with Crippen molar-refractivity contribution in [2.24, 2.45) is 0 Å². The van der Waals surface area contributed by atoms with Crippen LogP contribution >= 0.6 is 47.0 Å². The van der Waals surface area contributed by atoms with Gasteiger partial charge in [-0.25, -0.2) is 4.39 Å². The number of rotatable bonds is 4. The predicted octanol–water partition coefficient (Wildman–Crippen LogP) is 4.55. The monoisotopic (exact) mass is 433 g/mol. The molecule has 0 spiro atoms. The number of carbonyl (C=O) groups is 1. The fourth-order valence-electron chi connectivity index (χ4n) is 1.99. The maximum absolute atomic E-state index is 13.8. The first-order valence-electron chi connectivity index (χ1n) is 7.43. The molecule has 0 radical (unpaired) electrons. The van der Waals surface area contributed by atoms with Crippen LogP contribution < -0.4 is 16.0 Å². The van der Waals surface area contributed by atoms with Gasteiger partial charge in [0.05, 0.1) is 5.56 Å². The van der Waals surface area contributed by atoms with Crippen molar-refractivity contribution in [1.29, 1.82) is 0 Å². The van der Waals surface area contributed by atoms with E-state index in [4.69, 9.17) is 47.0 Å². The van der Waals surface area contributed by atoms with Gasteiger partial charge in [0.15, 0.2) is 5.11 Å². The molecule has 0 saturated heterocycles. The molecule has 0 aliphatic rings. The minimum Gasteiger partial charge on any atom is -0.339 e. The zero-order chi connectivity index (χ0) is 19.3. The number of alkyl halides is 3. The molecule has 9 heteroatoms. The molecule has 0 aliphatic heterocycles. The van der Waals surface area contributed by atoms with E-state index in [9.17, 15) is 9.18 Å². The van der Waals surface area contributed by atoms with Gasteiger partial charge in [-0.2, -0.15) is 0 Å². The van der Waals surface area contributed by atoms with Crippen molar-refractivity contribution >= 4 is 63.7 Å². The number of nitrogens with one attached hydrogen (secondary N) is 3. The summed E-state index contributed by atoms with van der Waals surface area (Å²) >= 11 is 22.9. The number of halogens is 4. The molecule has 2 rings (SSSR count). The first kappa shape index (κ1) is 20.7. The van der Waals surface area contributed by atoms with E-state index in [1.807, 2.05) is 31.2 Å². The summed E-state index contributed by atoms with van der Waals surface area (Å²) in [6.07, 6.45) is -1.19. The van der Waals surface area contributed by atoms with E-state index >= 15 is 0 Å². The Morgan fingerprint density at radius 1 is 1.08 bits per heavy atom. The van der Waals surface area contributed by atoms with E-state index in [1.54, 1.807) is 0 Å². The lowest BCUT2D eigenvalue weighted by molar-refractivity contribution is 0.0930. The van der Waals surface area contributed by atoms with Gasteiger partial charge in [-0.15, -0.1) is 0 Å². The van der Waals surface area contributed by atoms with Crippen LogP contribution in [-0.2, 0) is 0 Å². The Balaban J connectivity index is 2.07. The zero-order valence-corrected chi connectivity index (χ0v) is 16.6. The second-order valence-electron chi connectivity index (χ2n) is 5.39. The average Bonchev–Trinajstić information content (AvgIpc) is 2.56. The van der Waals surface area contributed by atoms with Crippen molar-refractivity contribution in [3.8, 4) is 0 Å². The fourth-order valence-corrected chi connectivity index (χ4v) is 2.55.